The molecule has 2 rings (SSSR count). The Morgan fingerprint density at radius 1 is 1.36 bits per heavy atom. The van der Waals surface area contributed by atoms with Crippen LogP contribution in [0.25, 0.3) is 0 Å². The Morgan fingerprint density at radius 2 is 2.21 bits per heavy atom. The number of thiophene rings is 1. The smallest absolute Gasteiger partial charge is 0.191 e. The molecule has 2 atom stereocenters. The van der Waals surface area contributed by atoms with Crippen molar-refractivity contribution in [3.05, 3.63) is 22.4 Å². The third-order valence-corrected chi connectivity index (χ3v) is 5.73. The lowest BCUT2D eigenvalue weighted by molar-refractivity contribution is 0.0168. The van der Waals surface area contributed by atoms with Crippen LogP contribution in [0.2, 0.25) is 0 Å². The first-order valence-corrected chi connectivity index (χ1v) is 11.7. The zero-order valence-electron chi connectivity index (χ0n) is 17.8. The van der Waals surface area contributed by atoms with Crippen molar-refractivity contribution in [1.29, 1.82) is 0 Å². The SMILES string of the molecule is CCNC(=NCC(c1ccsc1)N(CC)CC)NCCCOCC1CCCO1. The van der Waals surface area contributed by atoms with E-state index in [1.165, 1.54) is 5.56 Å². The highest BCUT2D eigenvalue weighted by Gasteiger charge is 2.18. The fourth-order valence-electron chi connectivity index (χ4n) is 3.45. The molecule has 1 saturated heterocycles. The summed E-state index contributed by atoms with van der Waals surface area (Å²) in [6.45, 7) is 13.4. The Kier molecular flexibility index (Phi) is 11.5. The molecule has 1 aromatic heterocycles. The molecule has 160 valence electrons. The van der Waals surface area contributed by atoms with Crippen LogP contribution in [0, 0.1) is 0 Å². The first kappa shape index (κ1) is 23.1. The molecule has 7 heteroatoms. The summed E-state index contributed by atoms with van der Waals surface area (Å²) < 4.78 is 11.3. The molecule has 2 unspecified atom stereocenters. The van der Waals surface area contributed by atoms with E-state index >= 15 is 0 Å². The lowest BCUT2D eigenvalue weighted by Gasteiger charge is -2.28. The summed E-state index contributed by atoms with van der Waals surface area (Å²) in [7, 11) is 0. The van der Waals surface area contributed by atoms with Crippen molar-refractivity contribution >= 4 is 17.3 Å². The van der Waals surface area contributed by atoms with Gasteiger partial charge in [-0.25, -0.2) is 0 Å². The van der Waals surface area contributed by atoms with Crippen LogP contribution >= 0.6 is 11.3 Å². The summed E-state index contributed by atoms with van der Waals surface area (Å²) in [5.41, 5.74) is 1.36. The van der Waals surface area contributed by atoms with Crippen molar-refractivity contribution in [3.8, 4) is 0 Å². The number of hydrogen-bond acceptors (Lipinski definition) is 5. The van der Waals surface area contributed by atoms with Gasteiger partial charge in [-0.3, -0.25) is 9.89 Å². The monoisotopic (exact) mass is 410 g/mol. The van der Waals surface area contributed by atoms with Crippen molar-refractivity contribution in [3.63, 3.8) is 0 Å². The Bertz CT molecular complexity index is 529. The maximum atomic E-state index is 5.74. The average Bonchev–Trinajstić information content (AvgIpc) is 3.41. The van der Waals surface area contributed by atoms with Gasteiger partial charge in [0.05, 0.1) is 25.3 Å². The van der Waals surface area contributed by atoms with E-state index in [4.69, 9.17) is 14.5 Å². The molecular weight excluding hydrogens is 372 g/mol. The fraction of sp³-hybridized carbons (Fsp3) is 0.762. The fourth-order valence-corrected chi connectivity index (χ4v) is 4.16. The van der Waals surface area contributed by atoms with E-state index in [1.54, 1.807) is 11.3 Å². The summed E-state index contributed by atoms with van der Waals surface area (Å²) in [5, 5.41) is 11.2. The lowest BCUT2D eigenvalue weighted by atomic mass is 10.1. The minimum atomic E-state index is 0.306. The molecule has 6 nitrogen and oxygen atoms in total. The average molecular weight is 411 g/mol. The molecule has 1 aromatic rings. The number of likely N-dealkylation sites (N-methyl/N-ethyl adjacent to an activating group) is 1. The molecule has 28 heavy (non-hydrogen) atoms. The Balaban J connectivity index is 1.77. The zero-order valence-corrected chi connectivity index (χ0v) is 18.6. The zero-order chi connectivity index (χ0) is 20.0. The van der Waals surface area contributed by atoms with Gasteiger partial charge in [-0.15, -0.1) is 0 Å². The van der Waals surface area contributed by atoms with E-state index in [2.05, 4.69) is 53.1 Å². The quantitative estimate of drug-likeness (QED) is 0.297. The second kappa shape index (κ2) is 13.9. The predicted molar refractivity (Wildman–Crippen MR) is 118 cm³/mol. The number of nitrogens with one attached hydrogen (secondary N) is 2. The van der Waals surface area contributed by atoms with Crippen LogP contribution in [0.3, 0.4) is 0 Å². The summed E-state index contributed by atoms with van der Waals surface area (Å²) in [6, 6.07) is 2.54. The number of ether oxygens (including phenoxy) is 2. The van der Waals surface area contributed by atoms with Crippen LogP contribution in [-0.2, 0) is 9.47 Å². The van der Waals surface area contributed by atoms with Gasteiger partial charge in [-0.1, -0.05) is 13.8 Å². The molecule has 2 N–H and O–H groups in total. The van der Waals surface area contributed by atoms with Crippen molar-refractivity contribution in [2.24, 2.45) is 4.99 Å². The first-order chi connectivity index (χ1) is 13.8. The third-order valence-electron chi connectivity index (χ3n) is 5.03. The maximum absolute atomic E-state index is 5.74. The van der Waals surface area contributed by atoms with Crippen LogP contribution in [0.5, 0.6) is 0 Å². The number of guanidine groups is 1. The highest BCUT2D eigenvalue weighted by Crippen LogP contribution is 2.23. The highest BCUT2D eigenvalue weighted by atomic mass is 32.1. The second-order valence-electron chi connectivity index (χ2n) is 7.00. The molecule has 0 bridgehead atoms. The van der Waals surface area contributed by atoms with Crippen LogP contribution in [0.4, 0.5) is 0 Å². The van der Waals surface area contributed by atoms with Gasteiger partial charge in [-0.2, -0.15) is 11.3 Å². The van der Waals surface area contributed by atoms with Crippen LogP contribution in [-0.4, -0.2) is 69.5 Å². The van der Waals surface area contributed by atoms with Gasteiger partial charge in [0.15, 0.2) is 5.96 Å². The van der Waals surface area contributed by atoms with E-state index in [1.807, 2.05) is 0 Å². The molecular formula is C21H38N4O2S. The van der Waals surface area contributed by atoms with Gasteiger partial charge >= 0.3 is 0 Å². The Morgan fingerprint density at radius 3 is 2.86 bits per heavy atom. The van der Waals surface area contributed by atoms with E-state index < -0.39 is 0 Å². The number of hydrogen-bond donors (Lipinski definition) is 2. The molecule has 0 aromatic carbocycles. The van der Waals surface area contributed by atoms with Gasteiger partial charge in [0.1, 0.15) is 0 Å². The molecule has 1 aliphatic rings. The highest BCUT2D eigenvalue weighted by molar-refractivity contribution is 7.07. The largest absolute Gasteiger partial charge is 0.379 e. The van der Waals surface area contributed by atoms with Crippen molar-refractivity contribution in [2.45, 2.75) is 52.2 Å². The van der Waals surface area contributed by atoms with Gasteiger partial charge < -0.3 is 20.1 Å². The van der Waals surface area contributed by atoms with E-state index in [-0.39, 0.29) is 0 Å². The summed E-state index contributed by atoms with van der Waals surface area (Å²) in [4.78, 5) is 7.33. The molecule has 0 spiro atoms. The van der Waals surface area contributed by atoms with Crippen molar-refractivity contribution in [1.82, 2.24) is 15.5 Å². The summed E-state index contributed by atoms with van der Waals surface area (Å²) >= 11 is 1.75. The first-order valence-electron chi connectivity index (χ1n) is 10.8. The summed E-state index contributed by atoms with van der Waals surface area (Å²) in [5.74, 6) is 0.883. The van der Waals surface area contributed by atoms with E-state index in [0.29, 0.717) is 12.1 Å². The summed E-state index contributed by atoms with van der Waals surface area (Å²) in [6.07, 6.45) is 3.56. The topological polar surface area (TPSA) is 58.1 Å². The van der Waals surface area contributed by atoms with Gasteiger partial charge in [0.25, 0.3) is 0 Å². The standard InChI is InChI=1S/C21H38N4O2S/c1-4-22-21(23-11-8-12-26-16-19-9-7-13-27-19)24-15-20(25(5-2)6-3)18-10-14-28-17-18/h10,14,17,19-20H,4-9,11-13,15-16H2,1-3H3,(H2,22,23,24). The Hall–Kier alpha value is -1.15. The molecule has 0 aliphatic carbocycles. The van der Waals surface area contributed by atoms with E-state index in [9.17, 15) is 0 Å². The van der Waals surface area contributed by atoms with Crippen molar-refractivity contribution < 1.29 is 9.47 Å². The maximum Gasteiger partial charge on any atom is 0.191 e. The van der Waals surface area contributed by atoms with Gasteiger partial charge in [0, 0.05) is 26.3 Å². The lowest BCUT2D eigenvalue weighted by Crippen LogP contribution is -2.39. The molecule has 1 fully saturated rings. The van der Waals surface area contributed by atoms with Gasteiger partial charge in [-0.05, 0) is 61.7 Å². The number of aliphatic imine (C=N–C) groups is 1. The molecule has 2 heterocycles. The van der Waals surface area contributed by atoms with Crippen LogP contribution in [0.15, 0.2) is 21.8 Å². The number of rotatable bonds is 13. The van der Waals surface area contributed by atoms with Crippen molar-refractivity contribution in [2.75, 3.05) is 52.5 Å². The van der Waals surface area contributed by atoms with Crippen LogP contribution < -0.4 is 10.6 Å². The molecule has 1 aliphatic heterocycles. The third kappa shape index (κ3) is 8.07. The second-order valence-corrected chi connectivity index (χ2v) is 7.78. The minimum absolute atomic E-state index is 0.306. The van der Waals surface area contributed by atoms with E-state index in [0.717, 1.165) is 77.8 Å². The minimum Gasteiger partial charge on any atom is -0.379 e. The molecule has 0 radical (unpaired) electrons. The normalized spacial score (nSPS) is 18.6. The number of nitrogens with zero attached hydrogens (tertiary/aromatic N) is 2. The van der Waals surface area contributed by atoms with Crippen LogP contribution in [0.1, 0.15) is 51.6 Å². The molecule has 0 amide bonds. The molecule has 0 saturated carbocycles. The Labute approximate surface area is 174 Å². The van der Waals surface area contributed by atoms with Gasteiger partial charge in [0.2, 0.25) is 0 Å². The predicted octanol–water partition coefficient (Wildman–Crippen LogP) is 3.27.